The molecule has 1 N–H and O–H groups in total. The molecule has 1 unspecified atom stereocenters. The molecule has 0 radical (unpaired) electrons. The lowest BCUT2D eigenvalue weighted by Gasteiger charge is -2.48. The number of rotatable bonds is 3. The van der Waals surface area contributed by atoms with Gasteiger partial charge >= 0.3 is 0 Å². The van der Waals surface area contributed by atoms with Crippen LogP contribution in [0.5, 0.6) is 11.5 Å². The van der Waals surface area contributed by atoms with E-state index in [1.54, 1.807) is 0 Å². The second-order valence-electron chi connectivity index (χ2n) is 7.13. The summed E-state index contributed by atoms with van der Waals surface area (Å²) in [6, 6.07) is 4.07. The van der Waals surface area contributed by atoms with Crippen molar-refractivity contribution in [2.75, 3.05) is 0 Å². The van der Waals surface area contributed by atoms with E-state index in [0.29, 0.717) is 17.6 Å². The Kier molecular flexibility index (Phi) is 3.51. The Morgan fingerprint density at radius 2 is 2.24 bits per heavy atom. The average molecular weight is 286 g/mol. The molecule has 2 aliphatic rings. The summed E-state index contributed by atoms with van der Waals surface area (Å²) < 4.78 is 6.30. The highest BCUT2D eigenvalue weighted by Crippen LogP contribution is 2.55. The molecule has 2 bridgehead atoms. The third-order valence-corrected chi connectivity index (χ3v) is 5.20. The van der Waals surface area contributed by atoms with Gasteiger partial charge in [-0.2, -0.15) is 0 Å². The topological polar surface area (TPSA) is 29.5 Å². The van der Waals surface area contributed by atoms with Crippen LogP contribution < -0.4 is 4.74 Å². The van der Waals surface area contributed by atoms with E-state index in [4.69, 9.17) is 4.74 Å². The van der Waals surface area contributed by atoms with Gasteiger partial charge in [-0.05, 0) is 63.1 Å². The number of benzene rings is 1. The predicted octanol–water partition coefficient (Wildman–Crippen LogP) is 4.96. The number of phenols is 1. The van der Waals surface area contributed by atoms with Gasteiger partial charge in [-0.3, -0.25) is 0 Å². The first kappa shape index (κ1) is 14.5. The lowest BCUT2D eigenvalue weighted by molar-refractivity contribution is 0.00630. The van der Waals surface area contributed by atoms with Crippen molar-refractivity contribution in [2.45, 2.75) is 64.4 Å². The fourth-order valence-corrected chi connectivity index (χ4v) is 4.18. The maximum Gasteiger partial charge on any atom is 0.127 e. The number of fused-ring (bicyclic) bond motifs is 4. The average Bonchev–Trinajstić information content (AvgIpc) is 2.37. The van der Waals surface area contributed by atoms with Gasteiger partial charge in [0.1, 0.15) is 17.1 Å². The summed E-state index contributed by atoms with van der Waals surface area (Å²) in [6.07, 6.45) is 5.21. The fraction of sp³-hybridized carbons (Fsp3) is 0.579. The van der Waals surface area contributed by atoms with Crippen LogP contribution in [0.25, 0.3) is 0 Å². The third-order valence-electron chi connectivity index (χ3n) is 5.20. The van der Waals surface area contributed by atoms with Crippen molar-refractivity contribution < 1.29 is 9.84 Å². The highest BCUT2D eigenvalue weighted by molar-refractivity contribution is 5.52. The highest BCUT2D eigenvalue weighted by Gasteiger charge is 2.46. The van der Waals surface area contributed by atoms with Crippen molar-refractivity contribution >= 4 is 0 Å². The normalized spacial score (nSPS) is 30.4. The molecule has 0 saturated heterocycles. The summed E-state index contributed by atoms with van der Waals surface area (Å²) in [5, 5.41) is 10.5. The first-order valence-corrected chi connectivity index (χ1v) is 8.14. The SMILES string of the molecule is C=C(C)C1CC[C@]2(C)C[C@H]1c1c(O)cc(CCC)cc1O2. The lowest BCUT2D eigenvalue weighted by Crippen LogP contribution is -2.44. The van der Waals surface area contributed by atoms with Crippen molar-refractivity contribution in [3.8, 4) is 11.5 Å². The summed E-state index contributed by atoms with van der Waals surface area (Å²) >= 11 is 0. The molecule has 0 aromatic heterocycles. The Hall–Kier alpha value is -1.44. The zero-order chi connectivity index (χ0) is 15.2. The summed E-state index contributed by atoms with van der Waals surface area (Å²) in [5.41, 5.74) is 3.33. The molecule has 114 valence electrons. The van der Waals surface area contributed by atoms with Crippen LogP contribution in [0.15, 0.2) is 24.3 Å². The Bertz CT molecular complexity index is 575. The minimum atomic E-state index is -0.0824. The number of ether oxygens (including phenoxy) is 1. The second-order valence-corrected chi connectivity index (χ2v) is 7.13. The number of hydrogen-bond donors (Lipinski definition) is 1. The van der Waals surface area contributed by atoms with Crippen molar-refractivity contribution in [3.63, 3.8) is 0 Å². The second kappa shape index (κ2) is 5.08. The van der Waals surface area contributed by atoms with Gasteiger partial charge in [0, 0.05) is 11.5 Å². The van der Waals surface area contributed by atoms with Crippen LogP contribution in [0.1, 0.15) is 63.5 Å². The molecule has 2 heteroatoms. The quantitative estimate of drug-likeness (QED) is 0.796. The number of hydrogen-bond acceptors (Lipinski definition) is 2. The van der Waals surface area contributed by atoms with Crippen LogP contribution >= 0.6 is 0 Å². The van der Waals surface area contributed by atoms with E-state index < -0.39 is 0 Å². The highest BCUT2D eigenvalue weighted by atomic mass is 16.5. The van der Waals surface area contributed by atoms with Crippen LogP contribution in [0, 0.1) is 5.92 Å². The number of allylic oxidation sites excluding steroid dienone is 1. The molecule has 1 aliphatic heterocycles. The van der Waals surface area contributed by atoms with Gasteiger partial charge in [0.2, 0.25) is 0 Å². The number of aromatic hydroxyl groups is 1. The van der Waals surface area contributed by atoms with Crippen LogP contribution in [-0.4, -0.2) is 10.7 Å². The number of phenolic OH excluding ortho intramolecular Hbond substituents is 1. The standard InChI is InChI=1S/C19H26O2/c1-5-6-13-9-16(20)18-15-11-19(4,21-17(18)10-13)8-7-14(15)12(2)3/h9-10,14-15,20H,2,5-8,11H2,1,3-4H3/t14?,15-,19-/m1/s1. The Labute approximate surface area is 127 Å². The van der Waals surface area contributed by atoms with Crippen LogP contribution in [0.2, 0.25) is 0 Å². The van der Waals surface area contributed by atoms with Gasteiger partial charge in [-0.1, -0.05) is 25.5 Å². The molecular weight excluding hydrogens is 260 g/mol. The fourth-order valence-electron chi connectivity index (χ4n) is 4.18. The van der Waals surface area contributed by atoms with E-state index in [9.17, 15) is 5.11 Å². The molecule has 1 aromatic carbocycles. The van der Waals surface area contributed by atoms with E-state index >= 15 is 0 Å². The molecule has 2 nitrogen and oxygen atoms in total. The van der Waals surface area contributed by atoms with E-state index in [2.05, 4.69) is 33.4 Å². The predicted molar refractivity (Wildman–Crippen MR) is 86.0 cm³/mol. The van der Waals surface area contributed by atoms with Crippen molar-refractivity contribution in [1.82, 2.24) is 0 Å². The Balaban J connectivity index is 2.09. The van der Waals surface area contributed by atoms with E-state index in [-0.39, 0.29) is 5.60 Å². The van der Waals surface area contributed by atoms with E-state index in [1.807, 2.05) is 6.07 Å². The molecule has 3 rings (SSSR count). The molecule has 21 heavy (non-hydrogen) atoms. The van der Waals surface area contributed by atoms with Crippen molar-refractivity contribution in [2.24, 2.45) is 5.92 Å². The number of aryl methyl sites for hydroxylation is 1. The zero-order valence-corrected chi connectivity index (χ0v) is 13.4. The molecular formula is C19H26O2. The Morgan fingerprint density at radius 1 is 1.48 bits per heavy atom. The molecule has 1 aromatic rings. The lowest BCUT2D eigenvalue weighted by atomic mass is 9.65. The van der Waals surface area contributed by atoms with Gasteiger partial charge < -0.3 is 9.84 Å². The van der Waals surface area contributed by atoms with E-state index in [1.165, 1.54) is 11.1 Å². The monoisotopic (exact) mass is 286 g/mol. The molecule has 1 fully saturated rings. The summed E-state index contributed by atoms with van der Waals surface area (Å²) in [7, 11) is 0. The van der Waals surface area contributed by atoms with Gasteiger partial charge in [0.15, 0.2) is 0 Å². The molecule has 1 heterocycles. The van der Waals surface area contributed by atoms with Gasteiger partial charge in [-0.25, -0.2) is 0 Å². The van der Waals surface area contributed by atoms with Gasteiger partial charge in [-0.15, -0.1) is 0 Å². The molecule has 0 spiro atoms. The van der Waals surface area contributed by atoms with Crippen LogP contribution in [0.3, 0.4) is 0 Å². The zero-order valence-electron chi connectivity index (χ0n) is 13.4. The first-order valence-electron chi connectivity index (χ1n) is 8.14. The minimum Gasteiger partial charge on any atom is -0.508 e. The summed E-state index contributed by atoms with van der Waals surface area (Å²) in [6.45, 7) is 10.7. The first-order chi connectivity index (χ1) is 9.93. The van der Waals surface area contributed by atoms with Gasteiger partial charge in [0.05, 0.1) is 0 Å². The molecule has 0 amide bonds. The van der Waals surface area contributed by atoms with E-state index in [0.717, 1.165) is 43.4 Å². The smallest absolute Gasteiger partial charge is 0.127 e. The van der Waals surface area contributed by atoms with Crippen molar-refractivity contribution in [1.29, 1.82) is 0 Å². The largest absolute Gasteiger partial charge is 0.508 e. The van der Waals surface area contributed by atoms with Crippen LogP contribution in [-0.2, 0) is 6.42 Å². The molecule has 1 saturated carbocycles. The van der Waals surface area contributed by atoms with Crippen molar-refractivity contribution in [3.05, 3.63) is 35.4 Å². The van der Waals surface area contributed by atoms with Gasteiger partial charge in [0.25, 0.3) is 0 Å². The summed E-state index contributed by atoms with van der Waals surface area (Å²) in [5.74, 6) is 2.13. The summed E-state index contributed by atoms with van der Waals surface area (Å²) in [4.78, 5) is 0. The molecule has 1 aliphatic carbocycles. The molecule has 3 atom stereocenters. The van der Waals surface area contributed by atoms with Crippen LogP contribution in [0.4, 0.5) is 0 Å². The maximum absolute atomic E-state index is 10.5. The Morgan fingerprint density at radius 3 is 2.90 bits per heavy atom. The minimum absolute atomic E-state index is 0.0824. The third kappa shape index (κ3) is 2.45. The maximum atomic E-state index is 10.5.